The van der Waals surface area contributed by atoms with Gasteiger partial charge in [-0.2, -0.15) is 0 Å². The Balaban J connectivity index is 1.63. The molecule has 3 aromatic rings. The van der Waals surface area contributed by atoms with Crippen LogP contribution in [0.1, 0.15) is 47.2 Å². The first-order chi connectivity index (χ1) is 14.7. The molecule has 4 rings (SSSR count). The number of fused-ring (bicyclic) bond motifs is 1. The van der Waals surface area contributed by atoms with Crippen molar-refractivity contribution in [3.8, 4) is 5.75 Å². The Morgan fingerprint density at radius 2 is 1.83 bits per heavy atom. The maximum atomic E-state index is 13.5. The molecule has 2 atom stereocenters. The van der Waals surface area contributed by atoms with Crippen LogP contribution in [0.5, 0.6) is 5.75 Å². The van der Waals surface area contributed by atoms with Crippen LogP contribution in [0.3, 0.4) is 0 Å². The van der Waals surface area contributed by atoms with E-state index in [-0.39, 0.29) is 18.0 Å². The molecular weight excluding hydrogens is 372 g/mol. The fraction of sp³-hybridized carbons (Fsp3) is 0.269. The highest BCUT2D eigenvalue weighted by Gasteiger charge is 2.31. The number of carbonyl (C=O) groups excluding carboxylic acids is 1. The van der Waals surface area contributed by atoms with Gasteiger partial charge in [-0.15, -0.1) is 0 Å². The smallest absolute Gasteiger partial charge is 0.287 e. The summed E-state index contributed by atoms with van der Waals surface area (Å²) in [6, 6.07) is 24.4. The molecule has 0 radical (unpaired) electrons. The van der Waals surface area contributed by atoms with Gasteiger partial charge in [0.2, 0.25) is 0 Å². The Morgan fingerprint density at radius 3 is 2.63 bits per heavy atom. The number of benzene rings is 3. The molecular formula is C26H29N2O2+. The van der Waals surface area contributed by atoms with Gasteiger partial charge in [-0.05, 0) is 43.0 Å². The number of carbonyl (C=O) groups is 1. The number of amides is 1. The highest BCUT2D eigenvalue weighted by molar-refractivity contribution is 5.95. The van der Waals surface area contributed by atoms with Crippen LogP contribution in [0, 0.1) is 6.92 Å². The van der Waals surface area contributed by atoms with Gasteiger partial charge in [-0.1, -0.05) is 60.7 Å². The molecule has 0 saturated carbocycles. The van der Waals surface area contributed by atoms with Gasteiger partial charge in [0, 0.05) is 17.5 Å². The third-order valence-electron chi connectivity index (χ3n) is 5.89. The molecule has 0 fully saturated rings. The Labute approximate surface area is 178 Å². The fourth-order valence-corrected chi connectivity index (χ4v) is 4.36. The summed E-state index contributed by atoms with van der Waals surface area (Å²) in [6.07, 6.45) is 3.33. The van der Waals surface area contributed by atoms with Gasteiger partial charge in [0.1, 0.15) is 11.8 Å². The number of quaternary nitrogens is 1. The molecule has 30 heavy (non-hydrogen) atoms. The van der Waals surface area contributed by atoms with Crippen LogP contribution in [0.15, 0.2) is 72.8 Å². The van der Waals surface area contributed by atoms with Crippen LogP contribution in [0.2, 0.25) is 0 Å². The molecule has 1 aliphatic carbocycles. The van der Waals surface area contributed by atoms with E-state index in [1.54, 1.807) is 7.11 Å². The quantitative estimate of drug-likeness (QED) is 0.646. The second-order valence-corrected chi connectivity index (χ2v) is 7.97. The van der Waals surface area contributed by atoms with Gasteiger partial charge in [0.15, 0.2) is 6.04 Å². The van der Waals surface area contributed by atoms with E-state index in [1.165, 1.54) is 11.1 Å². The van der Waals surface area contributed by atoms with Gasteiger partial charge < -0.3 is 15.4 Å². The minimum atomic E-state index is -0.340. The standard InChI is InChI=1S/C26H28N2O2/c1-18-15-16-24(30-2)23(17-18)28-26(29)25(20-10-4-3-5-11-20)27-22-14-8-12-19-9-6-7-13-21(19)22/h3-7,9-11,13,15-17,22,25,27H,8,12,14H2,1-2H3,(H,28,29)/p+1/t22-,25-/m0/s1. The van der Waals surface area contributed by atoms with Gasteiger partial charge in [-0.25, -0.2) is 0 Å². The number of hydrogen-bond acceptors (Lipinski definition) is 2. The molecule has 0 bridgehead atoms. The minimum Gasteiger partial charge on any atom is -0.495 e. The molecule has 154 valence electrons. The summed E-state index contributed by atoms with van der Waals surface area (Å²) in [5.41, 5.74) is 5.54. The third-order valence-corrected chi connectivity index (χ3v) is 5.89. The lowest BCUT2D eigenvalue weighted by atomic mass is 9.87. The van der Waals surface area contributed by atoms with Crippen molar-refractivity contribution in [2.24, 2.45) is 0 Å². The summed E-state index contributed by atoms with van der Waals surface area (Å²) in [4.78, 5) is 13.5. The molecule has 0 aliphatic heterocycles. The molecule has 4 heteroatoms. The number of ether oxygens (including phenoxy) is 1. The van der Waals surface area contributed by atoms with E-state index in [1.807, 2.05) is 55.5 Å². The van der Waals surface area contributed by atoms with E-state index in [0.29, 0.717) is 11.4 Å². The Bertz CT molecular complexity index is 1020. The minimum absolute atomic E-state index is 0.0341. The molecule has 1 amide bonds. The van der Waals surface area contributed by atoms with Crippen LogP contribution < -0.4 is 15.4 Å². The Hall–Kier alpha value is -3.11. The number of rotatable bonds is 6. The van der Waals surface area contributed by atoms with Crippen LogP contribution in [0.25, 0.3) is 0 Å². The zero-order valence-corrected chi connectivity index (χ0v) is 17.6. The monoisotopic (exact) mass is 401 g/mol. The van der Waals surface area contributed by atoms with E-state index in [0.717, 1.165) is 30.4 Å². The highest BCUT2D eigenvalue weighted by Crippen LogP contribution is 2.29. The molecule has 0 saturated heterocycles. The predicted octanol–water partition coefficient (Wildman–Crippen LogP) is 4.32. The Kier molecular flexibility index (Phi) is 6.15. The van der Waals surface area contributed by atoms with Gasteiger partial charge in [0.25, 0.3) is 5.91 Å². The maximum absolute atomic E-state index is 13.5. The summed E-state index contributed by atoms with van der Waals surface area (Å²) < 4.78 is 5.46. The van der Waals surface area contributed by atoms with Crippen molar-refractivity contribution in [2.45, 2.75) is 38.3 Å². The largest absolute Gasteiger partial charge is 0.495 e. The molecule has 3 N–H and O–H groups in total. The number of nitrogens with two attached hydrogens (primary N) is 1. The maximum Gasteiger partial charge on any atom is 0.287 e. The van der Waals surface area contributed by atoms with Crippen molar-refractivity contribution < 1.29 is 14.8 Å². The molecule has 3 aromatic carbocycles. The first-order valence-electron chi connectivity index (χ1n) is 10.6. The number of nitrogens with one attached hydrogen (secondary N) is 1. The average molecular weight is 402 g/mol. The number of hydrogen-bond donors (Lipinski definition) is 2. The van der Waals surface area contributed by atoms with Crippen molar-refractivity contribution in [3.05, 3.63) is 95.1 Å². The lowest BCUT2D eigenvalue weighted by Crippen LogP contribution is -2.88. The Morgan fingerprint density at radius 1 is 1.07 bits per heavy atom. The summed E-state index contributed by atoms with van der Waals surface area (Å²) >= 11 is 0. The van der Waals surface area contributed by atoms with Crippen LogP contribution >= 0.6 is 0 Å². The summed E-state index contributed by atoms with van der Waals surface area (Å²) in [6.45, 7) is 2.01. The molecule has 0 aromatic heterocycles. The molecule has 0 unspecified atom stereocenters. The van der Waals surface area contributed by atoms with Crippen molar-refractivity contribution in [1.82, 2.24) is 0 Å². The highest BCUT2D eigenvalue weighted by atomic mass is 16.5. The van der Waals surface area contributed by atoms with Crippen molar-refractivity contribution in [3.63, 3.8) is 0 Å². The summed E-state index contributed by atoms with van der Waals surface area (Å²) in [5.74, 6) is 0.636. The van der Waals surface area contributed by atoms with Crippen LogP contribution in [-0.2, 0) is 11.2 Å². The van der Waals surface area contributed by atoms with E-state index < -0.39 is 0 Å². The lowest BCUT2D eigenvalue weighted by Gasteiger charge is -2.27. The molecule has 0 spiro atoms. The van der Waals surface area contributed by atoms with E-state index in [2.05, 4.69) is 34.9 Å². The second kappa shape index (κ2) is 9.14. The summed E-state index contributed by atoms with van der Waals surface area (Å²) in [7, 11) is 1.63. The van der Waals surface area contributed by atoms with Crippen LogP contribution in [-0.4, -0.2) is 13.0 Å². The van der Waals surface area contributed by atoms with Gasteiger partial charge in [-0.3, -0.25) is 4.79 Å². The average Bonchev–Trinajstić information content (AvgIpc) is 2.78. The first-order valence-corrected chi connectivity index (χ1v) is 10.6. The van der Waals surface area contributed by atoms with E-state index in [9.17, 15) is 4.79 Å². The number of anilines is 1. The SMILES string of the molecule is COc1ccc(C)cc1NC(=O)[C@@H]([NH2+][C@H]1CCCc2ccccc21)c1ccccc1. The normalized spacial score (nSPS) is 16.4. The summed E-state index contributed by atoms with van der Waals surface area (Å²) in [5, 5.41) is 5.35. The second-order valence-electron chi connectivity index (χ2n) is 7.97. The molecule has 4 nitrogen and oxygen atoms in total. The van der Waals surface area contributed by atoms with Gasteiger partial charge in [0.05, 0.1) is 12.8 Å². The van der Waals surface area contributed by atoms with Crippen LogP contribution in [0.4, 0.5) is 5.69 Å². The van der Waals surface area contributed by atoms with Crippen molar-refractivity contribution in [1.29, 1.82) is 0 Å². The van der Waals surface area contributed by atoms with E-state index in [4.69, 9.17) is 4.74 Å². The number of methoxy groups -OCH3 is 1. The zero-order chi connectivity index (χ0) is 20.9. The topological polar surface area (TPSA) is 54.9 Å². The number of aryl methyl sites for hydroxylation is 2. The lowest BCUT2D eigenvalue weighted by molar-refractivity contribution is -0.723. The third kappa shape index (κ3) is 4.39. The van der Waals surface area contributed by atoms with Crippen molar-refractivity contribution >= 4 is 11.6 Å². The fourth-order valence-electron chi connectivity index (χ4n) is 4.36. The van der Waals surface area contributed by atoms with Crippen molar-refractivity contribution in [2.75, 3.05) is 12.4 Å². The van der Waals surface area contributed by atoms with Gasteiger partial charge >= 0.3 is 0 Å². The zero-order valence-electron chi connectivity index (χ0n) is 17.6. The first kappa shape index (κ1) is 20.2. The van der Waals surface area contributed by atoms with E-state index >= 15 is 0 Å². The predicted molar refractivity (Wildman–Crippen MR) is 120 cm³/mol. The molecule has 1 aliphatic rings. The molecule has 0 heterocycles.